The summed E-state index contributed by atoms with van der Waals surface area (Å²) in [6.45, 7) is 0.113. The standard InChI is InChI=1S/C23H19F3N4O3/c1-32-16-8-5-7-14(10-16)18-11-20(23(24,25)26)30-21(29-18)17(13-28-30)22(31)27-12-15-6-3-4-9-19(15)33-2/h3-11,13H,12H2,1-2H3,(H,27,31). The summed E-state index contributed by atoms with van der Waals surface area (Å²) in [5.74, 6) is 0.431. The van der Waals surface area contributed by atoms with Crippen LogP contribution in [0, 0.1) is 0 Å². The van der Waals surface area contributed by atoms with Crippen LogP contribution in [0.15, 0.2) is 60.8 Å². The van der Waals surface area contributed by atoms with Gasteiger partial charge in [0.05, 0.1) is 26.1 Å². The number of nitrogens with one attached hydrogen (secondary N) is 1. The molecular weight excluding hydrogens is 437 g/mol. The molecule has 0 saturated carbocycles. The number of rotatable bonds is 6. The first-order valence-corrected chi connectivity index (χ1v) is 9.82. The lowest BCUT2D eigenvalue weighted by atomic mass is 10.1. The molecule has 0 atom stereocenters. The van der Waals surface area contributed by atoms with Gasteiger partial charge in [-0.2, -0.15) is 18.3 Å². The summed E-state index contributed by atoms with van der Waals surface area (Å²) in [4.78, 5) is 17.2. The smallest absolute Gasteiger partial charge is 0.433 e. The van der Waals surface area contributed by atoms with Gasteiger partial charge in [-0.05, 0) is 24.3 Å². The third-order valence-electron chi connectivity index (χ3n) is 5.00. The van der Waals surface area contributed by atoms with Crippen LogP contribution in [0.1, 0.15) is 21.6 Å². The van der Waals surface area contributed by atoms with Gasteiger partial charge in [-0.1, -0.05) is 30.3 Å². The number of alkyl halides is 3. The molecule has 1 N–H and O–H groups in total. The summed E-state index contributed by atoms with van der Waals surface area (Å²) >= 11 is 0. The molecule has 33 heavy (non-hydrogen) atoms. The predicted molar refractivity (Wildman–Crippen MR) is 114 cm³/mol. The lowest BCUT2D eigenvalue weighted by Crippen LogP contribution is -2.23. The minimum Gasteiger partial charge on any atom is -0.497 e. The van der Waals surface area contributed by atoms with Crippen molar-refractivity contribution in [3.05, 3.63) is 77.6 Å². The van der Waals surface area contributed by atoms with E-state index in [1.165, 1.54) is 14.2 Å². The highest BCUT2D eigenvalue weighted by Gasteiger charge is 2.36. The maximum absolute atomic E-state index is 13.8. The summed E-state index contributed by atoms with van der Waals surface area (Å²) in [7, 11) is 2.96. The molecule has 4 aromatic rings. The van der Waals surface area contributed by atoms with Gasteiger partial charge in [0.15, 0.2) is 11.3 Å². The van der Waals surface area contributed by atoms with Crippen LogP contribution in [0.4, 0.5) is 13.2 Å². The van der Waals surface area contributed by atoms with Crippen LogP contribution in [0.5, 0.6) is 11.5 Å². The van der Waals surface area contributed by atoms with Gasteiger partial charge in [0.25, 0.3) is 5.91 Å². The van der Waals surface area contributed by atoms with E-state index < -0.39 is 17.8 Å². The van der Waals surface area contributed by atoms with Crippen molar-refractivity contribution in [3.8, 4) is 22.8 Å². The van der Waals surface area contributed by atoms with Crippen LogP contribution in [0.3, 0.4) is 0 Å². The number of carbonyl (C=O) groups excluding carboxylic acids is 1. The Bertz CT molecular complexity index is 1320. The predicted octanol–water partition coefficient (Wildman–Crippen LogP) is 4.36. The van der Waals surface area contributed by atoms with Gasteiger partial charge in [-0.3, -0.25) is 4.79 Å². The molecule has 2 aromatic carbocycles. The molecule has 0 saturated heterocycles. The van der Waals surface area contributed by atoms with E-state index in [-0.39, 0.29) is 23.4 Å². The number of halogens is 3. The lowest BCUT2D eigenvalue weighted by molar-refractivity contribution is -0.142. The molecule has 0 aliphatic rings. The zero-order valence-corrected chi connectivity index (χ0v) is 17.7. The third kappa shape index (κ3) is 4.45. The summed E-state index contributed by atoms with van der Waals surface area (Å²) in [6.07, 6.45) is -3.64. The number of benzene rings is 2. The quantitative estimate of drug-likeness (QED) is 0.467. The van der Waals surface area contributed by atoms with Crippen molar-refractivity contribution < 1.29 is 27.4 Å². The Morgan fingerprint density at radius 3 is 2.58 bits per heavy atom. The zero-order chi connectivity index (χ0) is 23.6. The number of amides is 1. The minimum absolute atomic E-state index is 0.0352. The van der Waals surface area contributed by atoms with Crippen LogP contribution in [0.25, 0.3) is 16.9 Å². The van der Waals surface area contributed by atoms with Crippen molar-refractivity contribution in [2.24, 2.45) is 0 Å². The Morgan fingerprint density at radius 1 is 1.06 bits per heavy atom. The summed E-state index contributed by atoms with van der Waals surface area (Å²) < 4.78 is 52.4. The molecule has 10 heteroatoms. The van der Waals surface area contributed by atoms with Crippen molar-refractivity contribution >= 4 is 11.6 Å². The molecule has 0 radical (unpaired) electrons. The SMILES string of the molecule is COc1cccc(-c2cc(C(F)(F)F)n3ncc(C(=O)NCc4ccccc4OC)c3n2)c1. The Labute approximate surface area is 186 Å². The van der Waals surface area contributed by atoms with Crippen LogP contribution < -0.4 is 14.8 Å². The van der Waals surface area contributed by atoms with Crippen LogP contribution >= 0.6 is 0 Å². The number of fused-ring (bicyclic) bond motifs is 1. The second kappa shape index (κ2) is 8.81. The second-order valence-electron chi connectivity index (χ2n) is 7.04. The first-order valence-electron chi connectivity index (χ1n) is 9.82. The van der Waals surface area contributed by atoms with Gasteiger partial charge >= 0.3 is 6.18 Å². The Balaban J connectivity index is 1.75. The largest absolute Gasteiger partial charge is 0.497 e. The molecule has 7 nitrogen and oxygen atoms in total. The van der Waals surface area contributed by atoms with E-state index in [1.807, 2.05) is 0 Å². The van der Waals surface area contributed by atoms with Gasteiger partial charge in [0, 0.05) is 17.7 Å². The fraction of sp³-hybridized carbons (Fsp3) is 0.174. The van der Waals surface area contributed by atoms with Crippen molar-refractivity contribution in [1.82, 2.24) is 19.9 Å². The highest BCUT2D eigenvalue weighted by Crippen LogP contribution is 2.33. The van der Waals surface area contributed by atoms with Gasteiger partial charge < -0.3 is 14.8 Å². The number of methoxy groups -OCH3 is 2. The molecule has 0 bridgehead atoms. The average molecular weight is 456 g/mol. The average Bonchev–Trinajstić information content (AvgIpc) is 3.25. The lowest BCUT2D eigenvalue weighted by Gasteiger charge is -2.12. The number of ether oxygens (including phenoxy) is 2. The summed E-state index contributed by atoms with van der Waals surface area (Å²) in [5, 5.41) is 6.48. The van der Waals surface area contributed by atoms with Crippen LogP contribution in [-0.4, -0.2) is 34.7 Å². The van der Waals surface area contributed by atoms with Gasteiger partial charge in [0.2, 0.25) is 0 Å². The van der Waals surface area contributed by atoms with E-state index in [1.54, 1.807) is 48.5 Å². The minimum atomic E-state index is -4.72. The van der Waals surface area contributed by atoms with Crippen molar-refractivity contribution in [1.29, 1.82) is 0 Å². The molecule has 0 aliphatic carbocycles. The van der Waals surface area contributed by atoms with Crippen molar-refractivity contribution in [3.63, 3.8) is 0 Å². The Kier molecular flexibility index (Phi) is 5.91. The first kappa shape index (κ1) is 22.1. The van der Waals surface area contributed by atoms with Crippen LogP contribution in [0.2, 0.25) is 0 Å². The number of hydrogen-bond donors (Lipinski definition) is 1. The first-order chi connectivity index (χ1) is 15.8. The number of hydrogen-bond acceptors (Lipinski definition) is 5. The number of para-hydroxylation sites is 1. The van der Waals surface area contributed by atoms with E-state index >= 15 is 0 Å². The maximum Gasteiger partial charge on any atom is 0.433 e. The van der Waals surface area contributed by atoms with Gasteiger partial charge in [-0.15, -0.1) is 0 Å². The highest BCUT2D eigenvalue weighted by molar-refractivity contribution is 5.99. The molecule has 0 spiro atoms. The van der Waals surface area contributed by atoms with Gasteiger partial charge in [-0.25, -0.2) is 9.50 Å². The zero-order valence-electron chi connectivity index (χ0n) is 17.7. The normalized spacial score (nSPS) is 11.4. The fourth-order valence-electron chi connectivity index (χ4n) is 3.37. The van der Waals surface area contributed by atoms with E-state index in [4.69, 9.17) is 9.47 Å². The number of nitrogens with zero attached hydrogens (tertiary/aromatic N) is 3. The molecule has 0 fully saturated rings. The molecule has 0 aliphatic heterocycles. The molecule has 4 rings (SSSR count). The Morgan fingerprint density at radius 2 is 1.85 bits per heavy atom. The van der Waals surface area contributed by atoms with Crippen molar-refractivity contribution in [2.75, 3.05) is 14.2 Å². The van der Waals surface area contributed by atoms with Gasteiger partial charge in [0.1, 0.15) is 17.1 Å². The topological polar surface area (TPSA) is 77.8 Å². The van der Waals surface area contributed by atoms with E-state index in [9.17, 15) is 18.0 Å². The van der Waals surface area contributed by atoms with E-state index in [0.717, 1.165) is 12.3 Å². The fourth-order valence-corrected chi connectivity index (χ4v) is 3.37. The van der Waals surface area contributed by atoms with E-state index in [2.05, 4.69) is 15.4 Å². The molecule has 2 heterocycles. The monoisotopic (exact) mass is 456 g/mol. The molecule has 0 unspecified atom stereocenters. The molecular formula is C23H19F3N4O3. The van der Waals surface area contributed by atoms with Crippen LogP contribution in [-0.2, 0) is 12.7 Å². The summed E-state index contributed by atoms with van der Waals surface area (Å²) in [5.41, 5.74) is -0.183. The highest BCUT2D eigenvalue weighted by atomic mass is 19.4. The third-order valence-corrected chi connectivity index (χ3v) is 5.00. The molecule has 1 amide bonds. The number of carbonyl (C=O) groups is 1. The second-order valence-corrected chi connectivity index (χ2v) is 7.04. The van der Waals surface area contributed by atoms with Crippen molar-refractivity contribution in [2.45, 2.75) is 12.7 Å². The Hall–Kier alpha value is -4.08. The molecule has 2 aromatic heterocycles. The maximum atomic E-state index is 13.8. The number of aromatic nitrogens is 3. The summed E-state index contributed by atoms with van der Waals surface area (Å²) in [6, 6.07) is 14.5. The molecule has 170 valence electrons. The van der Waals surface area contributed by atoms with E-state index in [0.29, 0.717) is 27.1 Å².